The standard InChI is InChI=1S/C22H26N6O3S/c1-13-19-20(23)28(15-7-9-16(30-2)10-8-15)22(25-21(19)27-26-13)32-12-18(29)24-14-5-4-6-17(11-14)31-3/h4-11,13,19,21,23,26-27H,12H2,1-3H3,(H,24,29). The summed E-state index contributed by atoms with van der Waals surface area (Å²) in [5.74, 6) is 1.70. The lowest BCUT2D eigenvalue weighted by molar-refractivity contribution is -0.113. The molecule has 3 unspecified atom stereocenters. The topological polar surface area (TPSA) is 111 Å². The molecule has 2 aliphatic rings. The number of nitrogens with zero attached hydrogens (tertiary/aromatic N) is 2. The van der Waals surface area contributed by atoms with Crippen LogP contribution in [0.25, 0.3) is 0 Å². The van der Waals surface area contributed by atoms with Gasteiger partial charge in [-0.3, -0.25) is 20.5 Å². The van der Waals surface area contributed by atoms with E-state index in [0.717, 1.165) is 11.4 Å². The highest BCUT2D eigenvalue weighted by molar-refractivity contribution is 8.14. The number of amidine groups is 2. The van der Waals surface area contributed by atoms with Crippen LogP contribution in [0.1, 0.15) is 6.92 Å². The summed E-state index contributed by atoms with van der Waals surface area (Å²) in [6.07, 6.45) is -0.254. The predicted octanol–water partition coefficient (Wildman–Crippen LogP) is 2.67. The number of rotatable bonds is 6. The highest BCUT2D eigenvalue weighted by Gasteiger charge is 2.43. The maximum atomic E-state index is 12.6. The van der Waals surface area contributed by atoms with Crippen molar-refractivity contribution in [3.63, 3.8) is 0 Å². The van der Waals surface area contributed by atoms with E-state index in [2.05, 4.69) is 16.2 Å². The molecule has 10 heteroatoms. The predicted molar refractivity (Wildman–Crippen MR) is 128 cm³/mol. The van der Waals surface area contributed by atoms with Crippen molar-refractivity contribution < 1.29 is 14.3 Å². The van der Waals surface area contributed by atoms with Crippen LogP contribution in [-0.4, -0.2) is 49.1 Å². The van der Waals surface area contributed by atoms with Crippen molar-refractivity contribution in [1.29, 1.82) is 5.41 Å². The number of thioether (sulfide) groups is 1. The third-order valence-corrected chi connectivity index (χ3v) is 6.30. The number of aliphatic imine (C=N–C) groups is 1. The molecule has 2 aliphatic heterocycles. The number of hydrogen-bond acceptors (Lipinski definition) is 8. The summed E-state index contributed by atoms with van der Waals surface area (Å²) < 4.78 is 10.5. The van der Waals surface area contributed by atoms with Crippen molar-refractivity contribution in [2.24, 2.45) is 10.9 Å². The fraction of sp³-hybridized carbons (Fsp3) is 0.318. The maximum Gasteiger partial charge on any atom is 0.234 e. The van der Waals surface area contributed by atoms with Gasteiger partial charge < -0.3 is 14.8 Å². The number of anilines is 2. The number of hydrazine groups is 1. The number of carbonyl (C=O) groups excluding carboxylic acids is 1. The molecule has 2 aromatic rings. The molecule has 2 heterocycles. The number of nitrogens with one attached hydrogen (secondary N) is 4. The molecule has 0 aliphatic carbocycles. The molecular weight excluding hydrogens is 428 g/mol. The highest BCUT2D eigenvalue weighted by Crippen LogP contribution is 2.32. The van der Waals surface area contributed by atoms with Crippen molar-refractivity contribution in [1.82, 2.24) is 10.9 Å². The number of hydrogen-bond donors (Lipinski definition) is 4. The lowest BCUT2D eigenvalue weighted by Crippen LogP contribution is -2.50. The summed E-state index contributed by atoms with van der Waals surface area (Å²) in [6.45, 7) is 2.02. The fourth-order valence-electron chi connectivity index (χ4n) is 3.71. The first kappa shape index (κ1) is 22.1. The second kappa shape index (κ2) is 9.60. The maximum absolute atomic E-state index is 12.6. The first-order chi connectivity index (χ1) is 15.5. The minimum Gasteiger partial charge on any atom is -0.497 e. The van der Waals surface area contributed by atoms with Crippen LogP contribution < -0.4 is 30.5 Å². The largest absolute Gasteiger partial charge is 0.497 e. The van der Waals surface area contributed by atoms with Gasteiger partial charge in [-0.2, -0.15) is 0 Å². The van der Waals surface area contributed by atoms with E-state index in [1.54, 1.807) is 25.2 Å². The molecule has 2 aromatic carbocycles. The zero-order valence-corrected chi connectivity index (χ0v) is 18.9. The molecule has 0 radical (unpaired) electrons. The lowest BCUT2D eigenvalue weighted by Gasteiger charge is -2.35. The average Bonchev–Trinajstić information content (AvgIpc) is 3.18. The lowest BCUT2D eigenvalue weighted by atomic mass is 9.97. The summed E-state index contributed by atoms with van der Waals surface area (Å²) in [4.78, 5) is 19.2. The summed E-state index contributed by atoms with van der Waals surface area (Å²) in [5, 5.41) is 12.4. The second-order valence-electron chi connectivity index (χ2n) is 7.45. The van der Waals surface area contributed by atoms with Gasteiger partial charge in [-0.15, -0.1) is 0 Å². The van der Waals surface area contributed by atoms with Gasteiger partial charge in [-0.1, -0.05) is 17.8 Å². The van der Waals surface area contributed by atoms with Crippen molar-refractivity contribution in [3.05, 3.63) is 48.5 Å². The normalized spacial score (nSPS) is 22.2. The van der Waals surface area contributed by atoms with E-state index in [4.69, 9.17) is 19.9 Å². The third-order valence-electron chi connectivity index (χ3n) is 5.35. The number of benzene rings is 2. The third kappa shape index (κ3) is 4.57. The van der Waals surface area contributed by atoms with E-state index >= 15 is 0 Å². The van der Waals surface area contributed by atoms with E-state index in [1.807, 2.05) is 49.4 Å². The van der Waals surface area contributed by atoms with Crippen LogP contribution in [0.5, 0.6) is 11.5 Å². The van der Waals surface area contributed by atoms with Crippen molar-refractivity contribution in [2.45, 2.75) is 19.1 Å². The SMILES string of the molecule is COc1ccc(N2C(=N)C3C(C)NNC3N=C2SCC(=O)Nc2cccc(OC)c2)cc1. The molecule has 3 atom stereocenters. The van der Waals surface area contributed by atoms with Gasteiger partial charge >= 0.3 is 0 Å². The molecule has 32 heavy (non-hydrogen) atoms. The molecule has 0 bridgehead atoms. The number of fused-ring (bicyclic) bond motifs is 1. The molecule has 0 spiro atoms. The average molecular weight is 455 g/mol. The molecular formula is C22H26N6O3S. The van der Waals surface area contributed by atoms with Gasteiger partial charge in [-0.05, 0) is 43.3 Å². The van der Waals surface area contributed by atoms with Gasteiger partial charge in [0.1, 0.15) is 23.5 Å². The Morgan fingerprint density at radius 3 is 2.62 bits per heavy atom. The van der Waals surface area contributed by atoms with Crippen molar-refractivity contribution >= 4 is 40.0 Å². The molecule has 0 aromatic heterocycles. The van der Waals surface area contributed by atoms with Crippen LogP contribution in [0.2, 0.25) is 0 Å². The fourth-order valence-corrected chi connectivity index (χ4v) is 4.56. The van der Waals surface area contributed by atoms with Gasteiger partial charge in [0.25, 0.3) is 0 Å². The van der Waals surface area contributed by atoms with Gasteiger partial charge in [-0.25, -0.2) is 10.4 Å². The Bertz CT molecular complexity index is 1030. The van der Waals surface area contributed by atoms with Crippen molar-refractivity contribution in [3.8, 4) is 11.5 Å². The first-order valence-corrected chi connectivity index (χ1v) is 11.2. The van der Waals surface area contributed by atoms with E-state index in [-0.39, 0.29) is 29.8 Å². The van der Waals surface area contributed by atoms with Crippen LogP contribution in [0, 0.1) is 11.3 Å². The van der Waals surface area contributed by atoms with Crippen LogP contribution in [0.15, 0.2) is 53.5 Å². The second-order valence-corrected chi connectivity index (χ2v) is 8.39. The van der Waals surface area contributed by atoms with E-state index < -0.39 is 0 Å². The van der Waals surface area contributed by atoms with E-state index in [1.165, 1.54) is 11.8 Å². The van der Waals surface area contributed by atoms with Crippen LogP contribution >= 0.6 is 11.8 Å². The summed E-state index contributed by atoms with van der Waals surface area (Å²) in [7, 11) is 3.20. The first-order valence-electron chi connectivity index (χ1n) is 10.2. The monoisotopic (exact) mass is 454 g/mol. The Kier molecular flexibility index (Phi) is 6.63. The minimum atomic E-state index is -0.254. The summed E-state index contributed by atoms with van der Waals surface area (Å²) >= 11 is 1.29. The van der Waals surface area contributed by atoms with E-state index in [9.17, 15) is 4.79 Å². The Balaban J connectivity index is 1.52. The molecule has 9 nitrogen and oxygen atoms in total. The molecule has 1 amide bonds. The quantitative estimate of drug-likeness (QED) is 0.531. The minimum absolute atomic E-state index is 0.0555. The Hall–Kier alpha value is -3.08. The number of ether oxygens (including phenoxy) is 2. The van der Waals surface area contributed by atoms with Gasteiger partial charge in [0.2, 0.25) is 5.91 Å². The smallest absolute Gasteiger partial charge is 0.234 e. The van der Waals surface area contributed by atoms with Crippen LogP contribution in [0.3, 0.4) is 0 Å². The molecule has 0 saturated carbocycles. The summed E-state index contributed by atoms with van der Waals surface area (Å²) in [6, 6.07) is 14.7. The van der Waals surface area contributed by atoms with E-state index in [0.29, 0.717) is 22.4 Å². The molecule has 4 rings (SSSR count). The number of amides is 1. The Labute approximate surface area is 191 Å². The number of carbonyl (C=O) groups is 1. The zero-order valence-electron chi connectivity index (χ0n) is 18.1. The van der Waals surface area contributed by atoms with Crippen molar-refractivity contribution in [2.75, 3.05) is 30.2 Å². The molecule has 4 N–H and O–H groups in total. The van der Waals surface area contributed by atoms with Gasteiger partial charge in [0.15, 0.2) is 5.17 Å². The van der Waals surface area contributed by atoms with Crippen LogP contribution in [-0.2, 0) is 4.79 Å². The molecule has 1 fully saturated rings. The zero-order chi connectivity index (χ0) is 22.7. The Morgan fingerprint density at radius 2 is 1.91 bits per heavy atom. The van der Waals surface area contributed by atoms with Gasteiger partial charge in [0, 0.05) is 23.5 Å². The molecule has 168 valence electrons. The molecule has 1 saturated heterocycles. The summed E-state index contributed by atoms with van der Waals surface area (Å²) in [5.41, 5.74) is 7.77. The number of methoxy groups -OCH3 is 2. The highest BCUT2D eigenvalue weighted by atomic mass is 32.2. The van der Waals surface area contributed by atoms with Gasteiger partial charge in [0.05, 0.1) is 25.9 Å². The van der Waals surface area contributed by atoms with Crippen LogP contribution in [0.4, 0.5) is 11.4 Å². The Morgan fingerprint density at radius 1 is 1.16 bits per heavy atom.